The Morgan fingerprint density at radius 1 is 1.13 bits per heavy atom. The Morgan fingerprint density at radius 2 is 1.60 bits per heavy atom. The monoisotopic (exact) mass is 250 g/mol. The fourth-order valence-corrected chi connectivity index (χ4v) is 3.24. The molecule has 0 aromatic heterocycles. The Morgan fingerprint density at radius 3 is 1.87 bits per heavy atom. The number of halogens is 1. The van der Waals surface area contributed by atoms with E-state index < -0.39 is 0 Å². The van der Waals surface area contributed by atoms with Crippen molar-refractivity contribution in [2.45, 2.75) is 76.7 Å². The molecule has 3 heteroatoms. The van der Waals surface area contributed by atoms with Crippen LogP contribution < -0.4 is 0 Å². The molecule has 0 radical (unpaired) electrons. The maximum Gasteiger partial charge on any atom is 0.146 e. The first-order chi connectivity index (χ1) is 7.16. The Balaban J connectivity index is 4.43. The van der Waals surface area contributed by atoms with Gasteiger partial charge >= 0.3 is 0 Å². The van der Waals surface area contributed by atoms with Gasteiger partial charge in [-0.1, -0.05) is 46.5 Å². The largest absolute Gasteiger partial charge is 0.421 e. The molecule has 1 nitrogen and oxygen atoms in total. The molecule has 0 heterocycles. The van der Waals surface area contributed by atoms with Crippen LogP contribution in [0.1, 0.15) is 65.7 Å². The van der Waals surface area contributed by atoms with Gasteiger partial charge in [0.1, 0.15) is 10.5 Å². The zero-order valence-electron chi connectivity index (χ0n) is 10.8. The third kappa shape index (κ3) is 4.88. The molecule has 0 rings (SSSR count). The normalized spacial score (nSPS) is 14.4. The van der Waals surface area contributed by atoms with E-state index in [0.29, 0.717) is 0 Å². The highest BCUT2D eigenvalue weighted by atomic mass is 35.5. The molecule has 0 bridgehead atoms. The van der Waals surface area contributed by atoms with Gasteiger partial charge in [0.05, 0.1) is 11.0 Å². The predicted octanol–water partition coefficient (Wildman–Crippen LogP) is 3.42. The van der Waals surface area contributed by atoms with Gasteiger partial charge in [-0.15, -0.1) is 11.6 Å². The van der Waals surface area contributed by atoms with Crippen LogP contribution in [0.15, 0.2) is 0 Å². The molecule has 0 saturated carbocycles. The highest BCUT2D eigenvalue weighted by molar-refractivity contribution is 6.21. The van der Waals surface area contributed by atoms with Gasteiger partial charge in [0.2, 0.25) is 0 Å². The van der Waals surface area contributed by atoms with E-state index in [9.17, 15) is 0 Å². The predicted molar refractivity (Wildman–Crippen MR) is 72.7 cm³/mol. The van der Waals surface area contributed by atoms with Gasteiger partial charge in [-0.2, -0.15) is 0 Å². The lowest BCUT2D eigenvalue weighted by atomic mass is 9.86. The number of alkyl halides is 1. The van der Waals surface area contributed by atoms with Crippen LogP contribution in [0.5, 0.6) is 0 Å². The van der Waals surface area contributed by atoms with Crippen molar-refractivity contribution in [2.24, 2.45) is 0 Å². The smallest absolute Gasteiger partial charge is 0.146 e. The Labute approximate surface area is 103 Å². The molecule has 0 aliphatic carbocycles. The minimum absolute atomic E-state index is 0.0193. The third-order valence-electron chi connectivity index (χ3n) is 3.24. The van der Waals surface area contributed by atoms with Crippen molar-refractivity contribution < 1.29 is 4.43 Å². The lowest BCUT2D eigenvalue weighted by Gasteiger charge is -2.37. The van der Waals surface area contributed by atoms with Gasteiger partial charge in [0, 0.05) is 0 Å². The summed E-state index contributed by atoms with van der Waals surface area (Å²) in [5, 5.41) is 0.188. The second-order valence-electron chi connectivity index (χ2n) is 4.35. The van der Waals surface area contributed by atoms with Gasteiger partial charge in [-0.05, 0) is 19.3 Å². The topological polar surface area (TPSA) is 9.23 Å². The number of hydrogen-bond donors (Lipinski definition) is 0. The molecule has 92 valence electrons. The molecule has 1 atom stereocenters. The summed E-state index contributed by atoms with van der Waals surface area (Å²) >= 11 is 6.46. The van der Waals surface area contributed by atoms with Crippen molar-refractivity contribution in [3.05, 3.63) is 0 Å². The summed E-state index contributed by atoms with van der Waals surface area (Å²) in [6.45, 7) is 6.62. The van der Waals surface area contributed by atoms with E-state index in [2.05, 4.69) is 20.8 Å². The van der Waals surface area contributed by atoms with Crippen LogP contribution in [-0.2, 0) is 4.43 Å². The fraction of sp³-hybridized carbons (Fsp3) is 1.00. The summed E-state index contributed by atoms with van der Waals surface area (Å²) in [6.07, 6.45) is 8.20. The van der Waals surface area contributed by atoms with Crippen LogP contribution in [0.3, 0.4) is 0 Å². The van der Waals surface area contributed by atoms with E-state index in [4.69, 9.17) is 16.0 Å². The molecule has 0 aliphatic heterocycles. The van der Waals surface area contributed by atoms with E-state index in [-0.39, 0.29) is 11.0 Å². The first-order valence-corrected chi connectivity index (χ1v) is 7.61. The van der Waals surface area contributed by atoms with Crippen molar-refractivity contribution in [1.29, 1.82) is 0 Å². The molecule has 0 aromatic carbocycles. The first-order valence-electron chi connectivity index (χ1n) is 6.36. The molecule has 0 fully saturated rings. The first kappa shape index (κ1) is 15.5. The van der Waals surface area contributed by atoms with Gasteiger partial charge in [0.15, 0.2) is 0 Å². The molecule has 15 heavy (non-hydrogen) atoms. The van der Waals surface area contributed by atoms with Crippen LogP contribution in [0.25, 0.3) is 0 Å². The Hall–Kier alpha value is 0.467. The van der Waals surface area contributed by atoms with E-state index in [1.807, 2.05) is 0 Å². The van der Waals surface area contributed by atoms with Crippen molar-refractivity contribution in [1.82, 2.24) is 0 Å². The van der Waals surface area contributed by atoms with E-state index in [1.54, 1.807) is 0 Å². The average molecular weight is 251 g/mol. The van der Waals surface area contributed by atoms with Gasteiger partial charge < -0.3 is 4.43 Å². The molecule has 0 spiro atoms. The van der Waals surface area contributed by atoms with Crippen molar-refractivity contribution in [3.8, 4) is 0 Å². The molecule has 0 amide bonds. The second kappa shape index (κ2) is 8.60. The summed E-state index contributed by atoms with van der Waals surface area (Å²) in [5.74, 6) is 0. The van der Waals surface area contributed by atoms with E-state index in [0.717, 1.165) is 29.7 Å². The minimum Gasteiger partial charge on any atom is -0.421 e. The van der Waals surface area contributed by atoms with Crippen LogP contribution in [0, 0.1) is 0 Å². The highest BCUT2D eigenvalue weighted by Gasteiger charge is 2.34. The number of hydrogen-bond acceptors (Lipinski definition) is 1. The molecule has 0 saturated heterocycles. The zero-order valence-corrected chi connectivity index (χ0v) is 13.6. The third-order valence-corrected chi connectivity index (χ3v) is 4.76. The van der Waals surface area contributed by atoms with Crippen molar-refractivity contribution in [3.63, 3.8) is 0 Å². The van der Waals surface area contributed by atoms with Gasteiger partial charge in [0.25, 0.3) is 0 Å². The molecule has 1 unspecified atom stereocenters. The Kier molecular flexibility index (Phi) is 8.87. The van der Waals surface area contributed by atoms with Crippen molar-refractivity contribution >= 4 is 22.1 Å². The summed E-state index contributed by atoms with van der Waals surface area (Å²) < 4.78 is 5.90. The highest BCUT2D eigenvalue weighted by Crippen LogP contribution is 2.33. The number of unbranched alkanes of at least 4 members (excludes halogenated alkanes) is 2. The fourth-order valence-electron chi connectivity index (χ4n) is 2.09. The van der Waals surface area contributed by atoms with E-state index in [1.165, 1.54) is 25.7 Å². The number of rotatable bonds is 9. The van der Waals surface area contributed by atoms with E-state index >= 15 is 0 Å². The summed E-state index contributed by atoms with van der Waals surface area (Å²) in [4.78, 5) is 0. The molecule has 0 N–H and O–H groups in total. The van der Waals surface area contributed by atoms with Crippen LogP contribution in [0.4, 0.5) is 0 Å². The van der Waals surface area contributed by atoms with Crippen LogP contribution >= 0.6 is 11.6 Å². The minimum atomic E-state index is -0.0193. The lowest BCUT2D eigenvalue weighted by molar-refractivity contribution is 0.0494. The van der Waals surface area contributed by atoms with Crippen LogP contribution in [0.2, 0.25) is 0 Å². The van der Waals surface area contributed by atoms with Gasteiger partial charge in [-0.3, -0.25) is 0 Å². The molecule has 0 aliphatic rings. The van der Waals surface area contributed by atoms with Crippen molar-refractivity contribution in [2.75, 3.05) is 0 Å². The maximum atomic E-state index is 6.46. The standard InChI is InChI=1S/C12H27ClOSi/c1-4-7-9-12(14-15,10-8-5-2)11(13)6-3/h11H,4-10H2,1-3,15H3. The molecule has 0 aromatic rings. The van der Waals surface area contributed by atoms with Gasteiger partial charge in [-0.25, -0.2) is 0 Å². The molecular weight excluding hydrogens is 224 g/mol. The van der Waals surface area contributed by atoms with Crippen LogP contribution in [-0.4, -0.2) is 21.5 Å². The quantitative estimate of drug-likeness (QED) is 0.450. The lowest BCUT2D eigenvalue weighted by Crippen LogP contribution is -2.41. The zero-order chi connectivity index (χ0) is 11.7. The summed E-state index contributed by atoms with van der Waals surface area (Å²) in [6, 6.07) is 0. The maximum absolute atomic E-state index is 6.46. The average Bonchev–Trinajstić information content (AvgIpc) is 2.29. The summed E-state index contributed by atoms with van der Waals surface area (Å²) in [5.41, 5.74) is -0.0193. The SMILES string of the molecule is CCCCC(CCCC)(O[SiH3])C(Cl)CC. The second-order valence-corrected chi connectivity index (χ2v) is 5.29. The molecular formula is C12H27ClOSi. The Bertz CT molecular complexity index is 145. The summed E-state index contributed by atoms with van der Waals surface area (Å²) in [7, 11) is 0.798.